The fraction of sp³-hybridized carbons (Fsp3) is 0.438. The minimum absolute atomic E-state index is 0.560. The number of aromatic nitrogens is 1. The van der Waals surface area contributed by atoms with Crippen LogP contribution in [-0.4, -0.2) is 17.6 Å². The number of benzene rings is 1. The summed E-state index contributed by atoms with van der Waals surface area (Å²) in [6, 6.07) is 11.0. The summed E-state index contributed by atoms with van der Waals surface area (Å²) in [6.45, 7) is 5.43. The lowest BCUT2D eigenvalue weighted by atomic mass is 10.1. The number of likely N-dealkylation sites (N-methyl/N-ethyl adjacent to an activating group) is 1. The van der Waals surface area contributed by atoms with E-state index >= 15 is 0 Å². The van der Waals surface area contributed by atoms with E-state index in [2.05, 4.69) is 48.8 Å². The van der Waals surface area contributed by atoms with Gasteiger partial charge >= 0.3 is 0 Å². The molecule has 0 bridgehead atoms. The van der Waals surface area contributed by atoms with Gasteiger partial charge in [0.05, 0.1) is 10.7 Å². The molecule has 3 heteroatoms. The van der Waals surface area contributed by atoms with Gasteiger partial charge in [0.1, 0.15) is 0 Å². The van der Waals surface area contributed by atoms with E-state index in [1.54, 1.807) is 11.3 Å². The first-order chi connectivity index (χ1) is 9.33. The van der Waals surface area contributed by atoms with E-state index in [-0.39, 0.29) is 0 Å². The number of nitrogens with zero attached hydrogens (tertiary/aromatic N) is 1. The van der Waals surface area contributed by atoms with Crippen molar-refractivity contribution in [3.8, 4) is 11.3 Å². The molecule has 2 aromatic rings. The number of nitrogens with one attached hydrogen (secondary N) is 1. The lowest BCUT2D eigenvalue weighted by molar-refractivity contribution is 0.485. The van der Waals surface area contributed by atoms with Gasteiger partial charge in [0, 0.05) is 23.4 Å². The smallest absolute Gasteiger partial charge is 0.0948 e. The van der Waals surface area contributed by atoms with Crippen LogP contribution in [0.3, 0.4) is 0 Å². The molecule has 0 radical (unpaired) electrons. The minimum atomic E-state index is 0.560. The monoisotopic (exact) mass is 274 g/mol. The average molecular weight is 274 g/mol. The van der Waals surface area contributed by atoms with Crippen molar-refractivity contribution in [1.82, 2.24) is 10.3 Å². The summed E-state index contributed by atoms with van der Waals surface area (Å²) < 4.78 is 0. The third-order valence-electron chi connectivity index (χ3n) is 3.17. The first-order valence-corrected chi connectivity index (χ1v) is 7.94. The molecular weight excluding hydrogens is 252 g/mol. The van der Waals surface area contributed by atoms with Crippen LogP contribution < -0.4 is 5.32 Å². The van der Waals surface area contributed by atoms with Gasteiger partial charge in [0.15, 0.2) is 0 Å². The number of rotatable bonds is 7. The molecule has 19 heavy (non-hydrogen) atoms. The molecule has 1 aromatic heterocycles. The maximum absolute atomic E-state index is 4.76. The summed E-state index contributed by atoms with van der Waals surface area (Å²) in [7, 11) is 0. The van der Waals surface area contributed by atoms with Gasteiger partial charge in [-0.3, -0.25) is 0 Å². The fourth-order valence-corrected chi connectivity index (χ4v) is 3.16. The van der Waals surface area contributed by atoms with Crippen molar-refractivity contribution >= 4 is 11.3 Å². The molecule has 0 aliphatic rings. The maximum Gasteiger partial charge on any atom is 0.0948 e. The second kappa shape index (κ2) is 7.41. The molecule has 0 saturated carbocycles. The summed E-state index contributed by atoms with van der Waals surface area (Å²) in [5.74, 6) is 0. The third-order valence-corrected chi connectivity index (χ3v) is 4.04. The Hall–Kier alpha value is -1.19. The molecule has 1 unspecified atom stereocenters. The molecule has 0 fully saturated rings. The largest absolute Gasteiger partial charge is 0.314 e. The van der Waals surface area contributed by atoms with Crippen molar-refractivity contribution in [2.75, 3.05) is 6.54 Å². The van der Waals surface area contributed by atoms with Crippen LogP contribution in [0, 0.1) is 0 Å². The Morgan fingerprint density at radius 2 is 2.00 bits per heavy atom. The van der Waals surface area contributed by atoms with Crippen LogP contribution in [0.4, 0.5) is 0 Å². The molecule has 0 saturated heterocycles. The Morgan fingerprint density at radius 1 is 1.21 bits per heavy atom. The first-order valence-electron chi connectivity index (χ1n) is 7.06. The molecule has 0 aliphatic carbocycles. The zero-order chi connectivity index (χ0) is 13.5. The average Bonchev–Trinajstić information content (AvgIpc) is 2.89. The zero-order valence-electron chi connectivity index (χ0n) is 11.7. The van der Waals surface area contributed by atoms with E-state index in [1.807, 2.05) is 6.07 Å². The molecule has 1 heterocycles. The van der Waals surface area contributed by atoms with Gasteiger partial charge in [0.2, 0.25) is 0 Å². The van der Waals surface area contributed by atoms with Crippen LogP contribution in [0.15, 0.2) is 35.7 Å². The van der Waals surface area contributed by atoms with Gasteiger partial charge in [-0.05, 0) is 13.0 Å². The van der Waals surface area contributed by atoms with E-state index < -0.39 is 0 Å². The highest BCUT2D eigenvalue weighted by Crippen LogP contribution is 2.22. The molecule has 1 N–H and O–H groups in total. The molecule has 2 rings (SSSR count). The van der Waals surface area contributed by atoms with E-state index in [9.17, 15) is 0 Å². The fourth-order valence-electron chi connectivity index (χ4n) is 2.27. The van der Waals surface area contributed by atoms with Gasteiger partial charge in [-0.2, -0.15) is 0 Å². The van der Waals surface area contributed by atoms with Crippen LogP contribution >= 0.6 is 11.3 Å². The second-order valence-corrected chi connectivity index (χ2v) is 5.68. The molecule has 102 valence electrons. The Balaban J connectivity index is 2.04. The normalized spacial score (nSPS) is 12.5. The lowest BCUT2D eigenvalue weighted by Crippen LogP contribution is -2.30. The Labute approximate surface area is 119 Å². The molecule has 0 aliphatic heterocycles. The van der Waals surface area contributed by atoms with Gasteiger partial charge in [0.25, 0.3) is 0 Å². The minimum Gasteiger partial charge on any atom is -0.314 e. The number of thiazole rings is 1. The first kappa shape index (κ1) is 14.2. The standard InChI is InChI=1S/C16H22N2S/c1-3-8-14(17-4-2)11-16-18-15(12-19-16)13-9-6-5-7-10-13/h5-7,9-10,12,14,17H,3-4,8,11H2,1-2H3. The summed E-state index contributed by atoms with van der Waals surface area (Å²) in [6.07, 6.45) is 3.47. The van der Waals surface area contributed by atoms with Crippen LogP contribution in [-0.2, 0) is 6.42 Å². The number of hydrogen-bond donors (Lipinski definition) is 1. The van der Waals surface area contributed by atoms with Crippen molar-refractivity contribution in [1.29, 1.82) is 0 Å². The molecule has 1 aromatic carbocycles. The summed E-state index contributed by atoms with van der Waals surface area (Å²) in [5, 5.41) is 6.95. The Kier molecular flexibility index (Phi) is 5.55. The lowest BCUT2D eigenvalue weighted by Gasteiger charge is -2.15. The summed E-state index contributed by atoms with van der Waals surface area (Å²) in [5.41, 5.74) is 2.31. The van der Waals surface area contributed by atoms with E-state index in [0.29, 0.717) is 6.04 Å². The van der Waals surface area contributed by atoms with Crippen LogP contribution in [0.5, 0.6) is 0 Å². The zero-order valence-corrected chi connectivity index (χ0v) is 12.5. The number of hydrogen-bond acceptors (Lipinski definition) is 3. The van der Waals surface area contributed by atoms with Crippen LogP contribution in [0.2, 0.25) is 0 Å². The van der Waals surface area contributed by atoms with Gasteiger partial charge < -0.3 is 5.32 Å². The summed E-state index contributed by atoms with van der Waals surface area (Å²) >= 11 is 1.77. The predicted octanol–water partition coefficient (Wildman–Crippen LogP) is 4.13. The SMILES string of the molecule is CCCC(Cc1nc(-c2ccccc2)cs1)NCC. The topological polar surface area (TPSA) is 24.9 Å². The van der Waals surface area contributed by atoms with E-state index in [0.717, 1.165) is 18.7 Å². The van der Waals surface area contributed by atoms with Gasteiger partial charge in [-0.25, -0.2) is 4.98 Å². The molecule has 1 atom stereocenters. The highest BCUT2D eigenvalue weighted by atomic mass is 32.1. The molecule has 0 spiro atoms. The van der Waals surface area contributed by atoms with Crippen LogP contribution in [0.1, 0.15) is 31.7 Å². The summed E-state index contributed by atoms with van der Waals surface area (Å²) in [4.78, 5) is 4.76. The van der Waals surface area contributed by atoms with Gasteiger partial charge in [-0.15, -0.1) is 11.3 Å². The highest BCUT2D eigenvalue weighted by Gasteiger charge is 2.11. The molecule has 2 nitrogen and oxygen atoms in total. The van der Waals surface area contributed by atoms with E-state index in [4.69, 9.17) is 4.98 Å². The molecule has 0 amide bonds. The quantitative estimate of drug-likeness (QED) is 0.821. The predicted molar refractivity (Wildman–Crippen MR) is 83.6 cm³/mol. The van der Waals surface area contributed by atoms with Crippen LogP contribution in [0.25, 0.3) is 11.3 Å². The third kappa shape index (κ3) is 4.15. The highest BCUT2D eigenvalue weighted by molar-refractivity contribution is 7.09. The second-order valence-electron chi connectivity index (χ2n) is 4.74. The van der Waals surface area contributed by atoms with Gasteiger partial charge in [-0.1, -0.05) is 50.6 Å². The Bertz CT molecular complexity index is 473. The van der Waals surface area contributed by atoms with Crippen molar-refractivity contribution < 1.29 is 0 Å². The molecular formula is C16H22N2S. The van der Waals surface area contributed by atoms with Crippen molar-refractivity contribution in [3.63, 3.8) is 0 Å². The van der Waals surface area contributed by atoms with Crippen molar-refractivity contribution in [2.24, 2.45) is 0 Å². The van der Waals surface area contributed by atoms with Crippen molar-refractivity contribution in [2.45, 2.75) is 39.2 Å². The van der Waals surface area contributed by atoms with Crippen molar-refractivity contribution in [3.05, 3.63) is 40.7 Å². The Morgan fingerprint density at radius 3 is 2.68 bits per heavy atom. The maximum atomic E-state index is 4.76. The van der Waals surface area contributed by atoms with E-state index in [1.165, 1.54) is 23.4 Å².